The Balaban J connectivity index is 1.42. The first-order valence-electron chi connectivity index (χ1n) is 8.03. The van der Waals surface area contributed by atoms with Crippen LogP contribution < -0.4 is 16.0 Å². The number of ether oxygens (including phenoxy) is 1. The molecule has 1 aromatic carbocycles. The van der Waals surface area contributed by atoms with E-state index >= 15 is 0 Å². The highest BCUT2D eigenvalue weighted by atomic mass is 16.5. The molecule has 0 atom stereocenters. The van der Waals surface area contributed by atoms with E-state index in [0.29, 0.717) is 37.9 Å². The van der Waals surface area contributed by atoms with Crippen molar-refractivity contribution < 1.29 is 14.3 Å². The molecule has 1 aromatic rings. The van der Waals surface area contributed by atoms with E-state index in [0.717, 1.165) is 18.4 Å². The molecular weight excluding hydrogens is 294 g/mol. The number of amides is 3. The normalized spacial score (nSPS) is 18.7. The molecule has 0 radical (unpaired) electrons. The highest BCUT2D eigenvalue weighted by Gasteiger charge is 2.33. The summed E-state index contributed by atoms with van der Waals surface area (Å²) in [5.41, 5.74) is 1.70. The van der Waals surface area contributed by atoms with Gasteiger partial charge in [0.2, 0.25) is 5.91 Å². The lowest BCUT2D eigenvalue weighted by Gasteiger charge is -2.37. The maximum Gasteiger partial charge on any atom is 0.319 e. The van der Waals surface area contributed by atoms with Crippen LogP contribution in [0.1, 0.15) is 25.3 Å². The molecule has 2 aliphatic rings. The summed E-state index contributed by atoms with van der Waals surface area (Å²) in [5.74, 6) is 0.0573. The highest BCUT2D eigenvalue weighted by molar-refractivity contribution is 5.89. The zero-order valence-electron chi connectivity index (χ0n) is 13.4. The van der Waals surface area contributed by atoms with Crippen LogP contribution in [0.3, 0.4) is 0 Å². The Morgan fingerprint density at radius 2 is 1.91 bits per heavy atom. The maximum absolute atomic E-state index is 11.9. The lowest BCUT2D eigenvalue weighted by atomic mass is 9.89. The largest absolute Gasteiger partial charge is 0.380 e. The average molecular weight is 317 g/mol. The lowest BCUT2D eigenvalue weighted by molar-refractivity contribution is -0.120. The fourth-order valence-electron chi connectivity index (χ4n) is 2.42. The second kappa shape index (κ2) is 6.58. The van der Waals surface area contributed by atoms with E-state index in [1.165, 1.54) is 0 Å². The first-order valence-corrected chi connectivity index (χ1v) is 8.03. The van der Waals surface area contributed by atoms with E-state index in [1.807, 2.05) is 24.3 Å². The van der Waals surface area contributed by atoms with Crippen LogP contribution in [0.2, 0.25) is 0 Å². The number of anilines is 1. The first kappa shape index (κ1) is 15.8. The predicted molar refractivity (Wildman–Crippen MR) is 87.3 cm³/mol. The molecule has 6 heteroatoms. The molecule has 2 fully saturated rings. The Hall–Kier alpha value is -2.08. The molecule has 3 amide bonds. The molecule has 0 spiro atoms. The number of hydrogen-bond acceptors (Lipinski definition) is 3. The number of urea groups is 1. The second-order valence-electron chi connectivity index (χ2n) is 6.83. The Bertz CT molecular complexity index is 577. The fourth-order valence-corrected chi connectivity index (χ4v) is 2.42. The van der Waals surface area contributed by atoms with E-state index in [1.54, 1.807) is 0 Å². The van der Waals surface area contributed by atoms with E-state index in [-0.39, 0.29) is 17.4 Å². The number of benzene rings is 1. The van der Waals surface area contributed by atoms with Gasteiger partial charge in [0.15, 0.2) is 0 Å². The predicted octanol–water partition coefficient (Wildman–Crippen LogP) is 1.67. The molecule has 1 aliphatic heterocycles. The summed E-state index contributed by atoms with van der Waals surface area (Å²) < 4.78 is 5.16. The van der Waals surface area contributed by atoms with Gasteiger partial charge in [-0.2, -0.15) is 0 Å². The number of nitrogens with one attached hydrogen (secondary N) is 3. The summed E-state index contributed by atoms with van der Waals surface area (Å²) in [6.07, 6.45) is 2.56. The molecule has 0 unspecified atom stereocenters. The molecule has 124 valence electrons. The number of rotatable bonds is 6. The van der Waals surface area contributed by atoms with Crippen molar-refractivity contribution in [2.24, 2.45) is 5.41 Å². The van der Waals surface area contributed by atoms with Crippen LogP contribution in [0.15, 0.2) is 24.3 Å². The van der Waals surface area contributed by atoms with Gasteiger partial charge in [0.25, 0.3) is 0 Å². The Morgan fingerprint density at radius 1 is 1.22 bits per heavy atom. The van der Waals surface area contributed by atoms with Crippen LogP contribution in [-0.2, 0) is 16.0 Å². The van der Waals surface area contributed by atoms with Crippen molar-refractivity contribution in [2.45, 2.75) is 32.2 Å². The van der Waals surface area contributed by atoms with Crippen LogP contribution in [0.25, 0.3) is 0 Å². The molecule has 1 aliphatic carbocycles. The third-order valence-electron chi connectivity index (χ3n) is 4.10. The molecule has 23 heavy (non-hydrogen) atoms. The van der Waals surface area contributed by atoms with Gasteiger partial charge in [-0.3, -0.25) is 4.79 Å². The zero-order chi connectivity index (χ0) is 16.3. The van der Waals surface area contributed by atoms with E-state index in [2.05, 4.69) is 22.9 Å². The third kappa shape index (κ3) is 4.69. The Morgan fingerprint density at radius 3 is 2.48 bits per heavy atom. The van der Waals surface area contributed by atoms with E-state index in [9.17, 15) is 9.59 Å². The van der Waals surface area contributed by atoms with Crippen LogP contribution in [-0.4, -0.2) is 37.7 Å². The maximum atomic E-state index is 11.9. The monoisotopic (exact) mass is 317 g/mol. The van der Waals surface area contributed by atoms with Gasteiger partial charge in [-0.25, -0.2) is 4.79 Å². The summed E-state index contributed by atoms with van der Waals surface area (Å²) in [4.78, 5) is 23.6. The van der Waals surface area contributed by atoms with E-state index < -0.39 is 0 Å². The van der Waals surface area contributed by atoms with Crippen LogP contribution in [0.4, 0.5) is 10.5 Å². The fraction of sp³-hybridized carbons (Fsp3) is 0.529. The minimum absolute atomic E-state index is 0.0517. The van der Waals surface area contributed by atoms with Gasteiger partial charge >= 0.3 is 6.03 Å². The van der Waals surface area contributed by atoms with E-state index in [4.69, 9.17) is 4.74 Å². The van der Waals surface area contributed by atoms with Crippen molar-refractivity contribution in [2.75, 3.05) is 25.1 Å². The molecule has 3 rings (SSSR count). The quantitative estimate of drug-likeness (QED) is 0.746. The number of carbonyl (C=O) groups is 2. The topological polar surface area (TPSA) is 79.5 Å². The summed E-state index contributed by atoms with van der Waals surface area (Å²) in [5, 5.41) is 8.61. The van der Waals surface area contributed by atoms with Crippen LogP contribution in [0, 0.1) is 5.41 Å². The molecule has 0 bridgehead atoms. The van der Waals surface area contributed by atoms with Crippen molar-refractivity contribution in [1.29, 1.82) is 0 Å². The average Bonchev–Trinajstić information content (AvgIpc) is 3.29. The zero-order valence-corrected chi connectivity index (χ0v) is 13.4. The molecule has 1 saturated heterocycles. The second-order valence-corrected chi connectivity index (χ2v) is 6.83. The van der Waals surface area contributed by atoms with Gasteiger partial charge in [-0.05, 0) is 30.5 Å². The molecule has 6 nitrogen and oxygen atoms in total. The van der Waals surface area contributed by atoms with Crippen molar-refractivity contribution >= 4 is 17.6 Å². The van der Waals surface area contributed by atoms with Gasteiger partial charge in [0.05, 0.1) is 19.6 Å². The molecular formula is C17H23N3O3. The van der Waals surface area contributed by atoms with Gasteiger partial charge < -0.3 is 20.7 Å². The van der Waals surface area contributed by atoms with Gasteiger partial charge in [-0.1, -0.05) is 19.1 Å². The molecule has 0 aromatic heterocycles. The molecule has 1 heterocycles. The van der Waals surface area contributed by atoms with Crippen molar-refractivity contribution in [3.8, 4) is 0 Å². The van der Waals surface area contributed by atoms with Crippen molar-refractivity contribution in [3.05, 3.63) is 29.8 Å². The summed E-state index contributed by atoms with van der Waals surface area (Å²) in [7, 11) is 0. The summed E-state index contributed by atoms with van der Waals surface area (Å²) in [6, 6.07) is 7.51. The van der Waals surface area contributed by atoms with Crippen LogP contribution >= 0.6 is 0 Å². The lowest BCUT2D eigenvalue weighted by Crippen LogP contribution is -2.49. The van der Waals surface area contributed by atoms with Gasteiger partial charge in [0, 0.05) is 23.7 Å². The third-order valence-corrected chi connectivity index (χ3v) is 4.10. The first-order chi connectivity index (χ1) is 11.0. The van der Waals surface area contributed by atoms with Gasteiger partial charge in [0.1, 0.15) is 0 Å². The summed E-state index contributed by atoms with van der Waals surface area (Å²) >= 11 is 0. The minimum atomic E-state index is -0.225. The molecule has 1 saturated carbocycles. The molecule has 3 N–H and O–H groups in total. The van der Waals surface area contributed by atoms with Crippen LogP contribution in [0.5, 0.6) is 0 Å². The Kier molecular flexibility index (Phi) is 4.52. The number of hydrogen-bond donors (Lipinski definition) is 3. The van der Waals surface area contributed by atoms with Crippen molar-refractivity contribution in [1.82, 2.24) is 10.6 Å². The highest BCUT2D eigenvalue weighted by Crippen LogP contribution is 2.25. The number of carbonyl (C=O) groups excluding carboxylic acids is 2. The van der Waals surface area contributed by atoms with Crippen molar-refractivity contribution in [3.63, 3.8) is 0 Å². The minimum Gasteiger partial charge on any atom is -0.380 e. The van der Waals surface area contributed by atoms with Gasteiger partial charge in [-0.15, -0.1) is 0 Å². The standard InChI is InChI=1S/C17H23N3O3/c1-17(10-23-11-17)9-18-16(22)20-14-4-2-12(3-5-14)8-15(21)19-13-6-7-13/h2-5,13H,6-11H2,1H3,(H,19,21)(H2,18,20,22). The Labute approximate surface area is 136 Å². The summed E-state index contributed by atoms with van der Waals surface area (Å²) in [6.45, 7) is 4.05. The smallest absolute Gasteiger partial charge is 0.319 e. The SMILES string of the molecule is CC1(CNC(=O)Nc2ccc(CC(=O)NC3CC3)cc2)COC1.